The minimum absolute atomic E-state index is 0.0627. The van der Waals surface area contributed by atoms with Crippen molar-refractivity contribution in [3.8, 4) is 5.75 Å². The Morgan fingerprint density at radius 3 is 2.57 bits per heavy atom. The summed E-state index contributed by atoms with van der Waals surface area (Å²) in [5.74, 6) is -0.0957. The van der Waals surface area contributed by atoms with Gasteiger partial charge in [0.05, 0.1) is 4.88 Å². The van der Waals surface area contributed by atoms with E-state index in [4.69, 9.17) is 4.74 Å². The number of hydrogen-bond donors (Lipinski definition) is 0. The van der Waals surface area contributed by atoms with E-state index in [2.05, 4.69) is 36.1 Å². The Kier molecular flexibility index (Phi) is 6.45. The van der Waals surface area contributed by atoms with E-state index in [0.717, 1.165) is 38.3 Å². The van der Waals surface area contributed by atoms with Crippen LogP contribution in [0.3, 0.4) is 0 Å². The zero-order valence-electron chi connectivity index (χ0n) is 17.0. The highest BCUT2D eigenvalue weighted by Gasteiger charge is 2.23. The van der Waals surface area contributed by atoms with Crippen LogP contribution in [0.15, 0.2) is 60.0 Å². The van der Waals surface area contributed by atoms with Crippen LogP contribution in [-0.4, -0.2) is 41.9 Å². The van der Waals surface area contributed by atoms with Crippen molar-refractivity contribution in [3.63, 3.8) is 0 Å². The molecule has 0 bridgehead atoms. The fourth-order valence-electron chi connectivity index (χ4n) is 3.58. The van der Waals surface area contributed by atoms with Gasteiger partial charge in [0.25, 0.3) is 5.91 Å². The zero-order chi connectivity index (χ0) is 20.9. The summed E-state index contributed by atoms with van der Waals surface area (Å²) < 4.78 is 19.2. The molecule has 1 fully saturated rings. The van der Waals surface area contributed by atoms with Crippen molar-refractivity contribution in [2.45, 2.75) is 20.1 Å². The maximum atomic E-state index is 13.7. The Morgan fingerprint density at radius 1 is 1.07 bits per heavy atom. The molecule has 30 heavy (non-hydrogen) atoms. The van der Waals surface area contributed by atoms with Crippen LogP contribution in [0.1, 0.15) is 26.4 Å². The number of hydrogen-bond acceptors (Lipinski definition) is 4. The molecule has 0 radical (unpaired) electrons. The molecule has 4 rings (SSSR count). The van der Waals surface area contributed by atoms with E-state index in [9.17, 15) is 9.18 Å². The minimum Gasteiger partial charge on any atom is -0.486 e. The average Bonchev–Trinajstić information content (AvgIpc) is 3.24. The van der Waals surface area contributed by atoms with Gasteiger partial charge >= 0.3 is 0 Å². The Hall–Kier alpha value is -2.70. The SMILES string of the molecule is Cc1ccccc1CN1CCN(C(=O)c2cc(COc3ccccc3F)cs2)CC1. The number of halogens is 1. The first-order chi connectivity index (χ1) is 14.6. The summed E-state index contributed by atoms with van der Waals surface area (Å²) in [5.41, 5.74) is 3.53. The molecular formula is C24H25FN2O2S. The molecule has 1 aliphatic rings. The second kappa shape index (κ2) is 9.41. The van der Waals surface area contributed by atoms with Crippen molar-refractivity contribution in [1.82, 2.24) is 9.80 Å². The van der Waals surface area contributed by atoms with E-state index in [1.807, 2.05) is 16.3 Å². The number of thiophene rings is 1. The molecule has 1 saturated heterocycles. The van der Waals surface area contributed by atoms with Crippen molar-refractivity contribution >= 4 is 17.2 Å². The summed E-state index contributed by atoms with van der Waals surface area (Å²) in [6, 6.07) is 16.6. The van der Waals surface area contributed by atoms with E-state index < -0.39 is 0 Å². The van der Waals surface area contributed by atoms with Crippen molar-refractivity contribution < 1.29 is 13.9 Å². The summed E-state index contributed by atoms with van der Waals surface area (Å²) in [4.78, 5) is 17.9. The van der Waals surface area contributed by atoms with Gasteiger partial charge in [-0.2, -0.15) is 0 Å². The Bertz CT molecular complexity index is 1010. The maximum Gasteiger partial charge on any atom is 0.264 e. The van der Waals surface area contributed by atoms with Gasteiger partial charge in [-0.3, -0.25) is 9.69 Å². The van der Waals surface area contributed by atoms with Gasteiger partial charge < -0.3 is 9.64 Å². The number of para-hydroxylation sites is 1. The summed E-state index contributed by atoms with van der Waals surface area (Å²) >= 11 is 1.42. The van der Waals surface area contributed by atoms with E-state index >= 15 is 0 Å². The summed E-state index contributed by atoms with van der Waals surface area (Å²) in [6.07, 6.45) is 0. The molecule has 2 heterocycles. The lowest BCUT2D eigenvalue weighted by Gasteiger charge is -2.34. The number of aryl methyl sites for hydroxylation is 1. The normalized spacial score (nSPS) is 14.7. The van der Waals surface area contributed by atoms with E-state index in [-0.39, 0.29) is 24.1 Å². The second-order valence-electron chi connectivity index (χ2n) is 7.53. The smallest absolute Gasteiger partial charge is 0.264 e. The monoisotopic (exact) mass is 424 g/mol. The highest BCUT2D eigenvalue weighted by molar-refractivity contribution is 7.12. The van der Waals surface area contributed by atoms with Crippen molar-refractivity contribution in [2.24, 2.45) is 0 Å². The van der Waals surface area contributed by atoms with Gasteiger partial charge in [-0.25, -0.2) is 4.39 Å². The predicted octanol–water partition coefficient (Wildman–Crippen LogP) is 4.73. The van der Waals surface area contributed by atoms with Crippen molar-refractivity contribution in [1.29, 1.82) is 0 Å². The lowest BCUT2D eigenvalue weighted by Crippen LogP contribution is -2.48. The van der Waals surface area contributed by atoms with Gasteiger partial charge in [-0.1, -0.05) is 36.4 Å². The predicted molar refractivity (Wildman–Crippen MR) is 117 cm³/mol. The van der Waals surface area contributed by atoms with Crippen LogP contribution in [0, 0.1) is 12.7 Å². The Morgan fingerprint density at radius 2 is 1.80 bits per heavy atom. The molecule has 1 amide bonds. The highest BCUT2D eigenvalue weighted by Crippen LogP contribution is 2.22. The van der Waals surface area contributed by atoms with E-state index in [1.165, 1.54) is 28.5 Å². The number of benzene rings is 2. The molecule has 3 aromatic rings. The van der Waals surface area contributed by atoms with Gasteiger partial charge in [0, 0.05) is 38.3 Å². The molecule has 0 spiro atoms. The molecule has 0 unspecified atom stereocenters. The third-order valence-corrected chi connectivity index (χ3v) is 6.38. The molecule has 156 valence electrons. The first-order valence-electron chi connectivity index (χ1n) is 10.1. The zero-order valence-corrected chi connectivity index (χ0v) is 17.8. The van der Waals surface area contributed by atoms with Gasteiger partial charge in [0.15, 0.2) is 11.6 Å². The third kappa shape index (κ3) is 4.89. The second-order valence-corrected chi connectivity index (χ2v) is 8.44. The maximum absolute atomic E-state index is 13.7. The topological polar surface area (TPSA) is 32.8 Å². The fourth-order valence-corrected chi connectivity index (χ4v) is 4.44. The number of carbonyl (C=O) groups is 1. The molecule has 2 aromatic carbocycles. The lowest BCUT2D eigenvalue weighted by atomic mass is 10.1. The molecule has 0 N–H and O–H groups in total. The molecule has 1 aliphatic heterocycles. The number of ether oxygens (including phenoxy) is 1. The molecule has 4 nitrogen and oxygen atoms in total. The average molecular weight is 425 g/mol. The molecule has 0 atom stereocenters. The van der Waals surface area contributed by atoms with Gasteiger partial charge in [0.2, 0.25) is 0 Å². The molecular weight excluding hydrogens is 399 g/mol. The standard InChI is InChI=1S/C24H25FN2O2S/c1-18-6-2-3-7-20(18)15-26-10-12-27(13-11-26)24(28)23-14-19(17-30-23)16-29-22-9-5-4-8-21(22)25/h2-9,14,17H,10-13,15-16H2,1H3. The van der Waals surface area contributed by atoms with Crippen LogP contribution in [0.25, 0.3) is 0 Å². The first kappa shape index (κ1) is 20.6. The molecule has 1 aromatic heterocycles. The summed E-state index contributed by atoms with van der Waals surface area (Å²) in [7, 11) is 0. The van der Waals surface area contributed by atoms with Crippen LogP contribution >= 0.6 is 11.3 Å². The Balaban J connectivity index is 1.29. The van der Waals surface area contributed by atoms with Crippen molar-refractivity contribution in [2.75, 3.05) is 26.2 Å². The van der Waals surface area contributed by atoms with Gasteiger partial charge in [-0.05, 0) is 41.6 Å². The quantitative estimate of drug-likeness (QED) is 0.573. The first-order valence-corrected chi connectivity index (χ1v) is 11.0. The largest absolute Gasteiger partial charge is 0.486 e. The van der Waals surface area contributed by atoms with Crippen LogP contribution in [0.2, 0.25) is 0 Å². The number of amides is 1. The van der Waals surface area contributed by atoms with Crippen molar-refractivity contribution in [3.05, 3.63) is 87.4 Å². The lowest BCUT2D eigenvalue weighted by molar-refractivity contribution is 0.0633. The summed E-state index contributed by atoms with van der Waals surface area (Å²) in [6.45, 7) is 6.50. The number of piperazine rings is 1. The minimum atomic E-state index is -0.382. The highest BCUT2D eigenvalue weighted by atomic mass is 32.1. The molecule has 6 heteroatoms. The van der Waals surface area contributed by atoms with Gasteiger partial charge in [-0.15, -0.1) is 11.3 Å². The van der Waals surface area contributed by atoms with E-state index in [0.29, 0.717) is 4.88 Å². The van der Waals surface area contributed by atoms with Crippen LogP contribution in [-0.2, 0) is 13.2 Å². The number of nitrogens with zero attached hydrogens (tertiary/aromatic N) is 2. The Labute approximate surface area is 180 Å². The number of rotatable bonds is 6. The van der Waals surface area contributed by atoms with Crippen LogP contribution < -0.4 is 4.74 Å². The van der Waals surface area contributed by atoms with Crippen LogP contribution in [0.5, 0.6) is 5.75 Å². The molecule has 0 aliphatic carbocycles. The number of carbonyl (C=O) groups excluding carboxylic acids is 1. The molecule has 0 saturated carbocycles. The summed E-state index contributed by atoms with van der Waals surface area (Å²) in [5, 5.41) is 1.91. The fraction of sp³-hybridized carbons (Fsp3) is 0.292. The van der Waals surface area contributed by atoms with Crippen LogP contribution in [0.4, 0.5) is 4.39 Å². The van der Waals surface area contributed by atoms with Gasteiger partial charge in [0.1, 0.15) is 6.61 Å². The van der Waals surface area contributed by atoms with E-state index in [1.54, 1.807) is 18.2 Å². The third-order valence-electron chi connectivity index (χ3n) is 5.41.